The number of nitrogens with zero attached hydrogens (tertiary/aromatic N) is 1. The molecular weight excluding hydrogens is 487 g/mol. The van der Waals surface area contributed by atoms with E-state index in [1.54, 1.807) is 60.4 Å². The lowest BCUT2D eigenvalue weighted by Gasteiger charge is -2.30. The van der Waals surface area contributed by atoms with Crippen LogP contribution in [-0.2, 0) is 17.6 Å². The van der Waals surface area contributed by atoms with Gasteiger partial charge < -0.3 is 15.3 Å². The number of aryl methyl sites for hydroxylation is 2. The molecule has 1 aliphatic rings. The highest BCUT2D eigenvalue weighted by atomic mass is 35.5. The van der Waals surface area contributed by atoms with Crippen molar-refractivity contribution in [2.24, 2.45) is 0 Å². The third-order valence-electron chi connectivity index (χ3n) is 6.10. The molecule has 3 aromatic carbocycles. The van der Waals surface area contributed by atoms with E-state index in [0.29, 0.717) is 22.7 Å². The van der Waals surface area contributed by atoms with E-state index in [-0.39, 0.29) is 22.9 Å². The molecule has 1 unspecified atom stereocenters. The molecule has 0 aliphatic carbocycles. The Morgan fingerprint density at radius 3 is 2.49 bits per heavy atom. The van der Waals surface area contributed by atoms with Gasteiger partial charge in [-0.05, 0) is 60.7 Å². The Morgan fingerprint density at radius 2 is 1.77 bits per heavy atom. The highest BCUT2D eigenvalue weighted by Gasteiger charge is 2.27. The summed E-state index contributed by atoms with van der Waals surface area (Å²) in [5.74, 6) is -1.85. The van der Waals surface area contributed by atoms with Crippen LogP contribution in [0.3, 0.4) is 0 Å². The Labute approximate surface area is 213 Å². The maximum absolute atomic E-state index is 13.2. The van der Waals surface area contributed by atoms with Gasteiger partial charge in [0.15, 0.2) is 0 Å². The zero-order chi connectivity index (χ0) is 25.1. The number of carboxylic acid groups (broad SMARTS) is 1. The van der Waals surface area contributed by atoms with E-state index >= 15 is 0 Å². The average Bonchev–Trinajstić information content (AvgIpc) is 2.83. The van der Waals surface area contributed by atoms with Crippen molar-refractivity contribution in [3.63, 3.8) is 0 Å². The van der Waals surface area contributed by atoms with Crippen LogP contribution in [0.2, 0.25) is 10.0 Å². The van der Waals surface area contributed by atoms with Crippen LogP contribution in [-0.4, -0.2) is 35.5 Å². The normalized spacial score (nSPS) is 13.6. The van der Waals surface area contributed by atoms with E-state index in [1.807, 2.05) is 12.1 Å². The van der Waals surface area contributed by atoms with Crippen LogP contribution in [0.25, 0.3) is 0 Å². The predicted molar refractivity (Wildman–Crippen MR) is 137 cm³/mol. The molecule has 2 amide bonds. The molecule has 3 aromatic rings. The molecule has 0 spiro atoms. The lowest BCUT2D eigenvalue weighted by Crippen LogP contribution is -2.42. The summed E-state index contributed by atoms with van der Waals surface area (Å²) in [5, 5.41) is 13.0. The van der Waals surface area contributed by atoms with Gasteiger partial charge in [0.1, 0.15) is 6.04 Å². The second-order valence-corrected chi connectivity index (χ2v) is 9.32. The van der Waals surface area contributed by atoms with Gasteiger partial charge in [0.25, 0.3) is 11.8 Å². The molecule has 180 valence electrons. The van der Waals surface area contributed by atoms with Crippen LogP contribution in [0.15, 0.2) is 60.7 Å². The van der Waals surface area contributed by atoms with Gasteiger partial charge in [0, 0.05) is 18.7 Å². The minimum absolute atomic E-state index is 0.0936. The summed E-state index contributed by atoms with van der Waals surface area (Å²) in [6.07, 6.45) is 1.63. The number of hydrogen-bond donors (Lipinski definition) is 2. The van der Waals surface area contributed by atoms with E-state index in [1.165, 1.54) is 0 Å². The first-order chi connectivity index (χ1) is 16.8. The van der Waals surface area contributed by atoms with E-state index < -0.39 is 17.9 Å². The number of rotatable bonds is 6. The molecule has 0 radical (unpaired) electrons. The number of halogens is 2. The molecule has 1 heterocycles. The molecule has 1 aliphatic heterocycles. The van der Waals surface area contributed by atoms with E-state index in [0.717, 1.165) is 29.7 Å². The fraction of sp³-hybridized carbons (Fsp3) is 0.222. The van der Waals surface area contributed by atoms with Crippen molar-refractivity contribution in [2.75, 3.05) is 11.4 Å². The quantitative estimate of drug-likeness (QED) is 0.469. The van der Waals surface area contributed by atoms with Gasteiger partial charge in [0.05, 0.1) is 21.2 Å². The maximum Gasteiger partial charge on any atom is 0.326 e. The molecule has 4 rings (SSSR count). The number of hydrogen-bond acceptors (Lipinski definition) is 3. The number of amides is 2. The third kappa shape index (κ3) is 5.34. The van der Waals surface area contributed by atoms with Crippen molar-refractivity contribution < 1.29 is 19.5 Å². The number of anilines is 1. The van der Waals surface area contributed by atoms with E-state index in [2.05, 4.69) is 5.32 Å². The Balaban J connectivity index is 1.55. The monoisotopic (exact) mass is 510 g/mol. The fourth-order valence-electron chi connectivity index (χ4n) is 4.35. The van der Waals surface area contributed by atoms with Crippen molar-refractivity contribution >= 4 is 46.7 Å². The number of aliphatic carboxylic acids is 1. The van der Waals surface area contributed by atoms with Crippen LogP contribution in [0.4, 0.5) is 5.69 Å². The van der Waals surface area contributed by atoms with Crippen molar-refractivity contribution in [2.45, 2.75) is 32.2 Å². The molecule has 0 bridgehead atoms. The van der Waals surface area contributed by atoms with Gasteiger partial charge >= 0.3 is 5.97 Å². The number of nitrogens with one attached hydrogen (secondary N) is 1. The Hall–Kier alpha value is -3.35. The van der Waals surface area contributed by atoms with Crippen LogP contribution >= 0.6 is 23.2 Å². The zero-order valence-corrected chi connectivity index (χ0v) is 20.6. The smallest absolute Gasteiger partial charge is 0.326 e. The second kappa shape index (κ2) is 10.5. The number of fused-ring (bicyclic) bond motifs is 1. The van der Waals surface area contributed by atoms with E-state index in [4.69, 9.17) is 23.2 Å². The molecule has 0 saturated heterocycles. The summed E-state index contributed by atoms with van der Waals surface area (Å²) < 4.78 is 0. The van der Waals surface area contributed by atoms with Gasteiger partial charge in [-0.2, -0.15) is 0 Å². The number of carbonyl (C=O) groups excluding carboxylic acids is 2. The molecule has 0 aromatic heterocycles. The first kappa shape index (κ1) is 24.8. The third-order valence-corrected chi connectivity index (χ3v) is 6.75. The van der Waals surface area contributed by atoms with Gasteiger partial charge in [-0.25, -0.2) is 4.79 Å². The Bertz CT molecular complexity index is 1290. The first-order valence-corrected chi connectivity index (χ1v) is 12.0. The average molecular weight is 511 g/mol. The lowest BCUT2D eigenvalue weighted by atomic mass is 9.95. The summed E-state index contributed by atoms with van der Waals surface area (Å²) in [7, 11) is 0. The van der Waals surface area contributed by atoms with Gasteiger partial charge in [0.2, 0.25) is 0 Å². The summed E-state index contributed by atoms with van der Waals surface area (Å²) in [4.78, 5) is 39.6. The van der Waals surface area contributed by atoms with Crippen molar-refractivity contribution in [1.29, 1.82) is 0 Å². The molecule has 35 heavy (non-hydrogen) atoms. The van der Waals surface area contributed by atoms with Crippen molar-refractivity contribution in [1.82, 2.24) is 5.32 Å². The minimum Gasteiger partial charge on any atom is -0.480 e. The summed E-state index contributed by atoms with van der Waals surface area (Å²) >= 11 is 12.4. The SMILES string of the molecule is Cc1cccc(Cl)c1C(=O)NC(Cc1ccc2c(c1)CCCN2C(=O)c1ccccc1Cl)C(=O)O. The first-order valence-electron chi connectivity index (χ1n) is 11.2. The van der Waals surface area contributed by atoms with Crippen LogP contribution < -0.4 is 10.2 Å². The lowest BCUT2D eigenvalue weighted by molar-refractivity contribution is -0.139. The highest BCUT2D eigenvalue weighted by molar-refractivity contribution is 6.34. The van der Waals surface area contributed by atoms with Gasteiger partial charge in [-0.1, -0.05) is 59.6 Å². The van der Waals surface area contributed by atoms with Crippen LogP contribution in [0.1, 0.15) is 43.8 Å². The summed E-state index contributed by atoms with van der Waals surface area (Å²) in [5.41, 5.74) is 3.85. The number of carboxylic acids is 1. The van der Waals surface area contributed by atoms with Crippen LogP contribution in [0.5, 0.6) is 0 Å². The Kier molecular flexibility index (Phi) is 7.43. The fourth-order valence-corrected chi connectivity index (χ4v) is 4.88. The molecule has 6 nitrogen and oxygen atoms in total. The van der Waals surface area contributed by atoms with E-state index in [9.17, 15) is 19.5 Å². The molecule has 0 saturated carbocycles. The summed E-state index contributed by atoms with van der Waals surface area (Å²) in [6, 6.07) is 16.4. The maximum atomic E-state index is 13.2. The summed E-state index contributed by atoms with van der Waals surface area (Å²) in [6.45, 7) is 2.32. The second-order valence-electron chi connectivity index (χ2n) is 8.50. The zero-order valence-electron chi connectivity index (χ0n) is 19.1. The standard InChI is InChI=1S/C27H24Cl2N2O4/c1-16-6-4-10-21(29)24(16)25(32)30-22(27(34)35)15-17-11-12-23-18(14-17)7-5-13-31(23)26(33)19-8-2-3-9-20(19)28/h2-4,6,8-12,14,22H,5,7,13,15H2,1H3,(H,30,32)(H,34,35). The van der Waals surface area contributed by atoms with Crippen molar-refractivity contribution in [3.05, 3.63) is 98.5 Å². The number of carbonyl (C=O) groups is 3. The topological polar surface area (TPSA) is 86.7 Å². The highest BCUT2D eigenvalue weighted by Crippen LogP contribution is 2.31. The van der Waals surface area contributed by atoms with Gasteiger partial charge in [-0.15, -0.1) is 0 Å². The largest absolute Gasteiger partial charge is 0.480 e. The van der Waals surface area contributed by atoms with Crippen LogP contribution in [0, 0.1) is 6.92 Å². The molecule has 1 atom stereocenters. The minimum atomic E-state index is -1.14. The predicted octanol–water partition coefficient (Wildman–Crippen LogP) is 5.32. The number of benzene rings is 3. The van der Waals surface area contributed by atoms with Gasteiger partial charge in [-0.3, -0.25) is 9.59 Å². The molecule has 0 fully saturated rings. The molecular formula is C27H24Cl2N2O4. The Morgan fingerprint density at radius 1 is 1.03 bits per heavy atom. The molecule has 8 heteroatoms. The molecule has 2 N–H and O–H groups in total. The van der Waals surface area contributed by atoms with Crippen molar-refractivity contribution in [3.8, 4) is 0 Å².